The summed E-state index contributed by atoms with van der Waals surface area (Å²) in [5.74, 6) is 0. The number of hydrogen-bond donors (Lipinski definition) is 0. The summed E-state index contributed by atoms with van der Waals surface area (Å²) >= 11 is 0. The van der Waals surface area contributed by atoms with Crippen molar-refractivity contribution in [2.24, 2.45) is 0 Å². The third-order valence-electron chi connectivity index (χ3n) is 11.6. The molecular formula is C57H54O. The Kier molecular flexibility index (Phi) is 13.3. The predicted octanol–water partition coefficient (Wildman–Crippen LogP) is 15.0. The van der Waals surface area contributed by atoms with Gasteiger partial charge in [-0.2, -0.15) is 0 Å². The first-order valence-electron chi connectivity index (χ1n) is 21.3. The van der Waals surface area contributed by atoms with Gasteiger partial charge in [-0.1, -0.05) is 207 Å². The van der Waals surface area contributed by atoms with Crippen LogP contribution in [0.3, 0.4) is 0 Å². The Morgan fingerprint density at radius 1 is 0.276 bits per heavy atom. The summed E-state index contributed by atoms with van der Waals surface area (Å²) < 4.78 is 5.28. The Morgan fingerprint density at radius 3 is 0.983 bits per heavy atom. The van der Waals surface area contributed by atoms with E-state index in [2.05, 4.69) is 170 Å². The van der Waals surface area contributed by atoms with Crippen LogP contribution in [0.15, 0.2) is 206 Å². The van der Waals surface area contributed by atoms with Gasteiger partial charge < -0.3 is 4.74 Å². The van der Waals surface area contributed by atoms with Gasteiger partial charge in [0, 0.05) is 0 Å². The largest absolute Gasteiger partial charge is 0.370 e. The van der Waals surface area contributed by atoms with Crippen LogP contribution in [0.25, 0.3) is 43.1 Å². The fraction of sp³-hybridized carbons (Fsp3) is 0.193. The SMILES string of the molecule is C1CCC2OC2C1.c1cc2c3c(cccc3c1)CC2.c1ccc2c(c1)CCC2.c1ccc2cc3ccccc3cc2c1.c1ccc2ccccc2c1.c1ccccc1. The van der Waals surface area contributed by atoms with E-state index in [9.17, 15) is 0 Å². The van der Waals surface area contributed by atoms with Crippen molar-refractivity contribution in [1.82, 2.24) is 0 Å². The van der Waals surface area contributed by atoms with Gasteiger partial charge in [-0.25, -0.2) is 0 Å². The second-order valence-corrected chi connectivity index (χ2v) is 15.6. The second-order valence-electron chi connectivity index (χ2n) is 15.6. The van der Waals surface area contributed by atoms with Gasteiger partial charge in [0.1, 0.15) is 0 Å². The van der Waals surface area contributed by atoms with E-state index in [1.807, 2.05) is 36.4 Å². The molecule has 3 aliphatic carbocycles. The molecule has 288 valence electrons. The van der Waals surface area contributed by atoms with E-state index in [-0.39, 0.29) is 0 Å². The first-order chi connectivity index (χ1) is 28.8. The molecule has 1 heteroatoms. The Morgan fingerprint density at radius 2 is 0.603 bits per heavy atom. The monoisotopic (exact) mass is 754 g/mol. The number of aryl methyl sites for hydroxylation is 4. The van der Waals surface area contributed by atoms with E-state index < -0.39 is 0 Å². The number of ether oxygens (including phenoxy) is 1. The Hall–Kier alpha value is -6.02. The molecular weight excluding hydrogens is 701 g/mol. The molecule has 0 radical (unpaired) electrons. The van der Waals surface area contributed by atoms with Crippen LogP contribution in [-0.2, 0) is 30.4 Å². The number of hydrogen-bond acceptors (Lipinski definition) is 1. The maximum absolute atomic E-state index is 5.28. The molecule has 2 fully saturated rings. The number of epoxide rings is 1. The van der Waals surface area contributed by atoms with Crippen LogP contribution >= 0.6 is 0 Å². The summed E-state index contributed by atoms with van der Waals surface area (Å²) in [6, 6.07) is 72.1. The summed E-state index contributed by atoms with van der Waals surface area (Å²) in [5, 5.41) is 10.8. The molecule has 1 heterocycles. The first-order valence-corrected chi connectivity index (χ1v) is 21.3. The molecule has 0 bridgehead atoms. The quantitative estimate of drug-likeness (QED) is 0.111. The molecule has 0 spiro atoms. The van der Waals surface area contributed by atoms with E-state index in [1.54, 1.807) is 11.1 Å². The van der Waals surface area contributed by atoms with Gasteiger partial charge in [-0.3, -0.25) is 0 Å². The summed E-state index contributed by atoms with van der Waals surface area (Å²) in [7, 11) is 0. The zero-order chi connectivity index (χ0) is 39.2. The van der Waals surface area contributed by atoms with Crippen molar-refractivity contribution < 1.29 is 4.74 Å². The van der Waals surface area contributed by atoms with Gasteiger partial charge in [0.05, 0.1) is 12.2 Å². The smallest absolute Gasteiger partial charge is 0.0841 e. The van der Waals surface area contributed by atoms with Crippen molar-refractivity contribution in [3.05, 3.63) is 229 Å². The van der Waals surface area contributed by atoms with Gasteiger partial charge in [0.15, 0.2) is 0 Å². The van der Waals surface area contributed by atoms with E-state index >= 15 is 0 Å². The number of rotatable bonds is 0. The highest BCUT2D eigenvalue weighted by molar-refractivity contribution is 5.98. The number of fused-ring (bicyclic) bond motifs is 5. The topological polar surface area (TPSA) is 12.5 Å². The summed E-state index contributed by atoms with van der Waals surface area (Å²) in [6.07, 6.45) is 13.3. The van der Waals surface area contributed by atoms with E-state index in [0.717, 1.165) is 0 Å². The van der Waals surface area contributed by atoms with Crippen molar-refractivity contribution in [2.75, 3.05) is 0 Å². The van der Waals surface area contributed by atoms with E-state index in [0.29, 0.717) is 12.2 Å². The lowest BCUT2D eigenvalue weighted by atomic mass is 10.0. The molecule has 2 unspecified atom stereocenters. The van der Waals surface area contributed by atoms with E-state index in [4.69, 9.17) is 4.74 Å². The lowest BCUT2D eigenvalue weighted by molar-refractivity contribution is 0.373. The van der Waals surface area contributed by atoms with Crippen molar-refractivity contribution in [3.8, 4) is 0 Å². The first kappa shape index (κ1) is 38.8. The zero-order valence-electron chi connectivity index (χ0n) is 33.6. The highest BCUT2D eigenvalue weighted by atomic mass is 16.6. The molecule has 0 amide bonds. The van der Waals surface area contributed by atoms with Gasteiger partial charge in [0.25, 0.3) is 0 Å². The molecule has 1 saturated heterocycles. The van der Waals surface area contributed by atoms with E-state index in [1.165, 1.54) is 112 Å². The van der Waals surface area contributed by atoms with Crippen molar-refractivity contribution in [2.45, 2.75) is 70.0 Å². The highest BCUT2D eigenvalue weighted by Crippen LogP contribution is 2.36. The Balaban J connectivity index is 0.0000000992. The summed E-state index contributed by atoms with van der Waals surface area (Å²) in [6.45, 7) is 0. The number of benzene rings is 9. The normalized spacial score (nSPS) is 16.3. The standard InChI is InChI=1S/C14H10.C12H10.C10H8.C9H10.C6H10O.C6H6/c1-2-6-12-10-14-8-4-3-7-13(14)9-11(12)5-1;1-3-9-4-2-6-11-8-7-10(5-1)12(9)11;1-2-6-10-8-4-3-7-9(10)5-1;1-2-5-9-7-3-6-8(9)4-1;1-2-4-6-5(3-1)7-6;1-2-4-6-5-3-1/h1-10H;1-6H,7-8H2;1-8H;1-2,4-5H,3,6-7H2;5-6H,1-4H2;1-6H. The van der Waals surface area contributed by atoms with Gasteiger partial charge in [0.2, 0.25) is 0 Å². The minimum atomic E-state index is 0.703. The molecule has 58 heavy (non-hydrogen) atoms. The van der Waals surface area contributed by atoms with Crippen LogP contribution in [-0.4, -0.2) is 12.2 Å². The van der Waals surface area contributed by atoms with Gasteiger partial charge in [-0.05, 0) is 122 Å². The summed E-state index contributed by atoms with van der Waals surface area (Å²) in [4.78, 5) is 0. The van der Waals surface area contributed by atoms with Crippen molar-refractivity contribution in [1.29, 1.82) is 0 Å². The fourth-order valence-electron chi connectivity index (χ4n) is 8.48. The highest BCUT2D eigenvalue weighted by Gasteiger charge is 2.39. The molecule has 13 rings (SSSR count). The molecule has 0 aromatic heterocycles. The molecule has 4 aliphatic rings. The fourth-order valence-corrected chi connectivity index (χ4v) is 8.48. The third-order valence-corrected chi connectivity index (χ3v) is 11.6. The van der Waals surface area contributed by atoms with Crippen LogP contribution in [0.4, 0.5) is 0 Å². The maximum atomic E-state index is 5.28. The lowest BCUT2D eigenvalue weighted by Gasteiger charge is -2.00. The van der Waals surface area contributed by atoms with Crippen LogP contribution in [0.5, 0.6) is 0 Å². The molecule has 2 atom stereocenters. The molecule has 1 nitrogen and oxygen atoms in total. The van der Waals surface area contributed by atoms with Crippen LogP contribution in [0.1, 0.15) is 54.4 Å². The molecule has 0 N–H and O–H groups in total. The van der Waals surface area contributed by atoms with Gasteiger partial charge in [-0.15, -0.1) is 0 Å². The van der Waals surface area contributed by atoms with Crippen molar-refractivity contribution in [3.63, 3.8) is 0 Å². The van der Waals surface area contributed by atoms with Crippen LogP contribution in [0, 0.1) is 0 Å². The van der Waals surface area contributed by atoms with Crippen molar-refractivity contribution >= 4 is 43.1 Å². The molecule has 9 aromatic rings. The summed E-state index contributed by atoms with van der Waals surface area (Å²) in [5.41, 5.74) is 6.20. The Labute approximate surface area is 345 Å². The molecule has 1 saturated carbocycles. The molecule has 9 aromatic carbocycles. The zero-order valence-corrected chi connectivity index (χ0v) is 33.6. The maximum Gasteiger partial charge on any atom is 0.0841 e. The van der Waals surface area contributed by atoms with Crippen LogP contribution < -0.4 is 0 Å². The van der Waals surface area contributed by atoms with Crippen LogP contribution in [0.2, 0.25) is 0 Å². The van der Waals surface area contributed by atoms with Gasteiger partial charge >= 0.3 is 0 Å². The minimum Gasteiger partial charge on any atom is -0.370 e. The minimum absolute atomic E-state index is 0.703. The molecule has 1 aliphatic heterocycles. The predicted molar refractivity (Wildman–Crippen MR) is 249 cm³/mol. The Bertz CT molecular complexity index is 2390. The average molecular weight is 755 g/mol. The lowest BCUT2D eigenvalue weighted by Crippen LogP contribution is -2.00. The third kappa shape index (κ3) is 10.5. The average Bonchev–Trinajstić information content (AvgIpc) is 3.73. The second kappa shape index (κ2) is 19.9.